The van der Waals surface area contributed by atoms with Crippen LogP contribution < -0.4 is 16.6 Å². The van der Waals surface area contributed by atoms with Gasteiger partial charge in [0.1, 0.15) is 0 Å². The SMILES string of the molecule is CC1CCC(CO)(Nc2nc(NN)c(F)cc2F)CC1. The number of hydrogen-bond acceptors (Lipinski definition) is 5. The number of pyridine rings is 1. The van der Waals surface area contributed by atoms with Gasteiger partial charge in [-0.2, -0.15) is 0 Å². The standard InChI is InChI=1S/C13H20F2N4O/c1-8-2-4-13(7-20,5-3-8)18-11-9(14)6-10(15)12(17-11)19-16/h6,8,20H,2-5,7,16H2,1H3,(H2,17,18,19). The molecule has 20 heavy (non-hydrogen) atoms. The smallest absolute Gasteiger partial charge is 0.178 e. The Bertz CT molecular complexity index is 476. The van der Waals surface area contributed by atoms with Crippen molar-refractivity contribution in [3.8, 4) is 0 Å². The van der Waals surface area contributed by atoms with E-state index in [4.69, 9.17) is 5.84 Å². The number of hydrazine groups is 1. The summed E-state index contributed by atoms with van der Waals surface area (Å²) in [5.74, 6) is 3.74. The molecule has 5 nitrogen and oxygen atoms in total. The normalized spacial score (nSPS) is 26.4. The third-order valence-electron chi connectivity index (χ3n) is 3.98. The topological polar surface area (TPSA) is 83.2 Å². The summed E-state index contributed by atoms with van der Waals surface area (Å²) in [5, 5.41) is 12.6. The molecule has 0 amide bonds. The van der Waals surface area contributed by atoms with Crippen LogP contribution in [0, 0.1) is 17.6 Å². The number of rotatable bonds is 4. The van der Waals surface area contributed by atoms with Gasteiger partial charge in [-0.15, -0.1) is 0 Å². The van der Waals surface area contributed by atoms with Gasteiger partial charge in [-0.1, -0.05) is 6.92 Å². The van der Waals surface area contributed by atoms with Crippen LogP contribution >= 0.6 is 0 Å². The molecule has 0 unspecified atom stereocenters. The van der Waals surface area contributed by atoms with Crippen LogP contribution in [-0.2, 0) is 0 Å². The molecular weight excluding hydrogens is 266 g/mol. The number of aliphatic hydroxyl groups excluding tert-OH is 1. The number of aromatic nitrogens is 1. The number of aliphatic hydroxyl groups is 1. The molecule has 1 fully saturated rings. The van der Waals surface area contributed by atoms with Crippen LogP contribution in [0.25, 0.3) is 0 Å². The zero-order valence-corrected chi connectivity index (χ0v) is 11.4. The van der Waals surface area contributed by atoms with Crippen molar-refractivity contribution in [2.45, 2.75) is 38.1 Å². The summed E-state index contributed by atoms with van der Waals surface area (Å²) >= 11 is 0. The fraction of sp³-hybridized carbons (Fsp3) is 0.615. The number of halogens is 2. The van der Waals surface area contributed by atoms with E-state index in [2.05, 4.69) is 22.7 Å². The minimum atomic E-state index is -0.856. The fourth-order valence-electron chi connectivity index (χ4n) is 2.54. The summed E-state index contributed by atoms with van der Waals surface area (Å²) in [5.41, 5.74) is 1.48. The van der Waals surface area contributed by atoms with Crippen molar-refractivity contribution in [1.82, 2.24) is 4.98 Å². The van der Waals surface area contributed by atoms with Gasteiger partial charge >= 0.3 is 0 Å². The van der Waals surface area contributed by atoms with Gasteiger partial charge in [0.15, 0.2) is 23.3 Å². The molecule has 0 aromatic carbocycles. The summed E-state index contributed by atoms with van der Waals surface area (Å²) in [6, 6.07) is 0.723. The molecule has 1 heterocycles. The maximum atomic E-state index is 13.8. The lowest BCUT2D eigenvalue weighted by Crippen LogP contribution is -2.45. The van der Waals surface area contributed by atoms with Crippen LogP contribution in [0.5, 0.6) is 0 Å². The van der Waals surface area contributed by atoms with E-state index in [-0.39, 0.29) is 18.2 Å². The predicted molar refractivity (Wildman–Crippen MR) is 73.0 cm³/mol. The van der Waals surface area contributed by atoms with Crippen molar-refractivity contribution >= 4 is 11.6 Å². The van der Waals surface area contributed by atoms with Gasteiger partial charge in [-0.25, -0.2) is 19.6 Å². The van der Waals surface area contributed by atoms with Crippen LogP contribution in [0.4, 0.5) is 20.4 Å². The number of hydrogen-bond donors (Lipinski definition) is 4. The molecule has 0 bridgehead atoms. The Morgan fingerprint density at radius 2 is 1.95 bits per heavy atom. The zero-order valence-electron chi connectivity index (χ0n) is 11.4. The molecule has 0 atom stereocenters. The van der Waals surface area contributed by atoms with Crippen LogP contribution in [-0.4, -0.2) is 22.2 Å². The first-order chi connectivity index (χ1) is 9.49. The molecule has 0 radical (unpaired) electrons. The summed E-state index contributed by atoms with van der Waals surface area (Å²) < 4.78 is 27.1. The lowest BCUT2D eigenvalue weighted by atomic mass is 9.77. The highest BCUT2D eigenvalue weighted by Crippen LogP contribution is 2.34. The molecule has 1 aromatic rings. The summed E-state index contributed by atoms with van der Waals surface area (Å²) in [7, 11) is 0. The van der Waals surface area contributed by atoms with E-state index in [1.54, 1.807) is 0 Å². The molecular formula is C13H20F2N4O. The minimum Gasteiger partial charge on any atom is -0.394 e. The molecule has 2 rings (SSSR count). The Labute approximate surface area is 116 Å². The first-order valence-corrected chi connectivity index (χ1v) is 6.71. The lowest BCUT2D eigenvalue weighted by Gasteiger charge is -2.39. The van der Waals surface area contributed by atoms with E-state index in [9.17, 15) is 13.9 Å². The molecule has 7 heteroatoms. The van der Waals surface area contributed by atoms with Crippen LogP contribution in [0.1, 0.15) is 32.6 Å². The molecule has 0 saturated heterocycles. The van der Waals surface area contributed by atoms with Gasteiger partial charge in [-0.3, -0.25) is 0 Å². The molecule has 5 N–H and O–H groups in total. The van der Waals surface area contributed by atoms with Gasteiger partial charge in [0.25, 0.3) is 0 Å². The van der Waals surface area contributed by atoms with Gasteiger partial charge < -0.3 is 15.8 Å². The third-order valence-corrected chi connectivity index (χ3v) is 3.98. The van der Waals surface area contributed by atoms with E-state index in [1.807, 2.05) is 0 Å². The van der Waals surface area contributed by atoms with Crippen LogP contribution in [0.15, 0.2) is 6.07 Å². The zero-order chi connectivity index (χ0) is 14.8. The molecule has 0 spiro atoms. The maximum absolute atomic E-state index is 13.8. The summed E-state index contributed by atoms with van der Waals surface area (Å²) in [6.45, 7) is 2.03. The predicted octanol–water partition coefficient (Wildman–Crippen LogP) is 2.00. The minimum absolute atomic E-state index is 0.0945. The highest BCUT2D eigenvalue weighted by molar-refractivity contribution is 5.48. The Morgan fingerprint density at radius 3 is 2.50 bits per heavy atom. The second-order valence-electron chi connectivity index (χ2n) is 5.54. The highest BCUT2D eigenvalue weighted by Gasteiger charge is 2.34. The quantitative estimate of drug-likeness (QED) is 0.502. The van der Waals surface area contributed by atoms with Crippen LogP contribution in [0.2, 0.25) is 0 Å². The van der Waals surface area contributed by atoms with Gasteiger partial charge in [0, 0.05) is 6.07 Å². The molecule has 1 saturated carbocycles. The number of nitrogens with zero attached hydrogens (tertiary/aromatic N) is 1. The number of nitrogen functional groups attached to an aromatic ring is 1. The highest BCUT2D eigenvalue weighted by atomic mass is 19.1. The number of anilines is 2. The molecule has 1 aromatic heterocycles. The van der Waals surface area contributed by atoms with Gasteiger partial charge in [0.2, 0.25) is 0 Å². The number of nitrogens with two attached hydrogens (primary N) is 1. The molecule has 1 aliphatic carbocycles. The van der Waals surface area contributed by atoms with Crippen molar-refractivity contribution in [3.63, 3.8) is 0 Å². The summed E-state index contributed by atoms with van der Waals surface area (Å²) in [4.78, 5) is 3.79. The Kier molecular flexibility index (Phi) is 4.39. The van der Waals surface area contributed by atoms with Crippen molar-refractivity contribution in [2.75, 3.05) is 17.3 Å². The molecule has 0 aliphatic heterocycles. The Morgan fingerprint density at radius 1 is 1.35 bits per heavy atom. The van der Waals surface area contributed by atoms with E-state index in [1.165, 1.54) is 0 Å². The van der Waals surface area contributed by atoms with Crippen molar-refractivity contribution in [2.24, 2.45) is 11.8 Å². The maximum Gasteiger partial charge on any atom is 0.178 e. The fourth-order valence-corrected chi connectivity index (χ4v) is 2.54. The number of nitrogens with one attached hydrogen (secondary N) is 2. The van der Waals surface area contributed by atoms with E-state index < -0.39 is 17.2 Å². The monoisotopic (exact) mass is 286 g/mol. The Balaban J connectivity index is 2.23. The lowest BCUT2D eigenvalue weighted by molar-refractivity contribution is 0.154. The van der Waals surface area contributed by atoms with Crippen LogP contribution in [0.3, 0.4) is 0 Å². The van der Waals surface area contributed by atoms with E-state index in [0.717, 1.165) is 18.9 Å². The van der Waals surface area contributed by atoms with Gasteiger partial charge in [0.05, 0.1) is 12.1 Å². The first kappa shape index (κ1) is 14.9. The van der Waals surface area contributed by atoms with E-state index in [0.29, 0.717) is 18.8 Å². The average molecular weight is 286 g/mol. The molecule has 112 valence electrons. The second kappa shape index (κ2) is 5.88. The van der Waals surface area contributed by atoms with Gasteiger partial charge in [-0.05, 0) is 31.6 Å². The first-order valence-electron chi connectivity index (χ1n) is 6.71. The summed E-state index contributed by atoms with van der Waals surface area (Å²) in [6.07, 6.45) is 3.32. The van der Waals surface area contributed by atoms with E-state index >= 15 is 0 Å². The third kappa shape index (κ3) is 2.99. The van der Waals surface area contributed by atoms with Crippen molar-refractivity contribution < 1.29 is 13.9 Å². The van der Waals surface area contributed by atoms with Crippen molar-refractivity contribution in [3.05, 3.63) is 17.7 Å². The largest absolute Gasteiger partial charge is 0.394 e. The average Bonchev–Trinajstić information content (AvgIpc) is 2.44. The molecule has 1 aliphatic rings. The second-order valence-corrected chi connectivity index (χ2v) is 5.54. The Hall–Kier alpha value is -1.47. The van der Waals surface area contributed by atoms with Crippen molar-refractivity contribution in [1.29, 1.82) is 0 Å².